The number of benzene rings is 1. The minimum Gasteiger partial charge on any atom is -0.497 e. The number of oxazole rings is 1. The molecular formula is C30H35N7O4. The molecule has 1 N–H and O–H groups in total. The van der Waals surface area contributed by atoms with E-state index in [1.165, 1.54) is 0 Å². The second kappa shape index (κ2) is 12.1. The van der Waals surface area contributed by atoms with Gasteiger partial charge in [-0.05, 0) is 36.8 Å². The van der Waals surface area contributed by atoms with Gasteiger partial charge in [-0.3, -0.25) is 4.90 Å². The lowest BCUT2D eigenvalue weighted by atomic mass is 10.1. The van der Waals surface area contributed by atoms with Crippen LogP contribution in [0.5, 0.6) is 11.5 Å². The van der Waals surface area contributed by atoms with Gasteiger partial charge in [0.1, 0.15) is 28.7 Å². The lowest BCUT2D eigenvalue weighted by molar-refractivity contribution is -0.0117. The number of aromatic nitrogens is 4. The van der Waals surface area contributed by atoms with E-state index in [1.54, 1.807) is 20.4 Å². The van der Waals surface area contributed by atoms with Crippen molar-refractivity contribution in [3.63, 3.8) is 0 Å². The zero-order valence-corrected chi connectivity index (χ0v) is 23.7. The van der Waals surface area contributed by atoms with Gasteiger partial charge in [-0.15, -0.1) is 0 Å². The first-order valence-electron chi connectivity index (χ1n) is 14.0. The number of piperazine rings is 1. The molecule has 0 amide bonds. The molecule has 0 unspecified atom stereocenters. The summed E-state index contributed by atoms with van der Waals surface area (Å²) in [7, 11) is 3.25. The standard InChI is InChI=1S/C30H35N7O4/c1-4-5-27-35-28(20-14-23(38-2)16-24(15-20)39-3)29(41-27)25-8-9-31-30(34-25)33-21-6-7-26(32-17-21)37-11-10-36-12-13-40-19-22(36)18-37/h6-9,14-17,22H,4-5,10-13,18-19H2,1-3H3,(H,31,33,34)/t22-/m1/s1. The Labute approximate surface area is 239 Å². The molecule has 5 heterocycles. The van der Waals surface area contributed by atoms with Gasteiger partial charge in [0.25, 0.3) is 0 Å². The van der Waals surface area contributed by atoms with Crippen LogP contribution in [0.4, 0.5) is 17.5 Å². The number of methoxy groups -OCH3 is 2. The van der Waals surface area contributed by atoms with Gasteiger partial charge in [0.15, 0.2) is 11.7 Å². The van der Waals surface area contributed by atoms with E-state index in [4.69, 9.17) is 33.6 Å². The molecule has 1 aromatic carbocycles. The Bertz CT molecular complexity index is 1450. The van der Waals surface area contributed by atoms with E-state index in [0.29, 0.717) is 52.9 Å². The number of fused-ring (bicyclic) bond motifs is 1. The number of rotatable bonds is 9. The number of pyridine rings is 1. The maximum atomic E-state index is 6.23. The summed E-state index contributed by atoms with van der Waals surface area (Å²) in [6.45, 7) is 7.62. The minimum absolute atomic E-state index is 0.421. The first-order chi connectivity index (χ1) is 20.1. The molecular weight excluding hydrogens is 522 g/mol. The fourth-order valence-electron chi connectivity index (χ4n) is 5.27. The van der Waals surface area contributed by atoms with Gasteiger partial charge in [0, 0.05) is 50.4 Å². The Hall–Kier alpha value is -4.22. The van der Waals surface area contributed by atoms with E-state index in [2.05, 4.69) is 27.0 Å². The number of nitrogens with zero attached hydrogens (tertiary/aromatic N) is 6. The molecule has 6 rings (SSSR count). The molecule has 1 atom stereocenters. The van der Waals surface area contributed by atoms with Crippen molar-refractivity contribution in [3.8, 4) is 34.2 Å². The van der Waals surface area contributed by atoms with Crippen LogP contribution in [0.3, 0.4) is 0 Å². The normalized spacial score (nSPS) is 17.2. The smallest absolute Gasteiger partial charge is 0.227 e. The fourth-order valence-corrected chi connectivity index (χ4v) is 5.27. The molecule has 0 radical (unpaired) electrons. The highest BCUT2D eigenvalue weighted by Gasteiger charge is 2.30. The summed E-state index contributed by atoms with van der Waals surface area (Å²) in [4.78, 5) is 23.6. The van der Waals surface area contributed by atoms with E-state index in [1.807, 2.05) is 42.6 Å². The molecule has 0 spiro atoms. The lowest BCUT2D eigenvalue weighted by Crippen LogP contribution is -2.58. The van der Waals surface area contributed by atoms with Crippen molar-refractivity contribution >= 4 is 17.5 Å². The molecule has 11 nitrogen and oxygen atoms in total. The van der Waals surface area contributed by atoms with E-state index >= 15 is 0 Å². The third kappa shape index (κ3) is 5.96. The van der Waals surface area contributed by atoms with Crippen LogP contribution in [0.25, 0.3) is 22.7 Å². The zero-order valence-electron chi connectivity index (χ0n) is 23.7. The maximum absolute atomic E-state index is 6.23. The summed E-state index contributed by atoms with van der Waals surface area (Å²) >= 11 is 0. The highest BCUT2D eigenvalue weighted by atomic mass is 16.5. The molecule has 2 fully saturated rings. The maximum Gasteiger partial charge on any atom is 0.227 e. The number of hydrogen-bond acceptors (Lipinski definition) is 11. The molecule has 4 aromatic rings. The minimum atomic E-state index is 0.421. The van der Waals surface area contributed by atoms with Crippen molar-refractivity contribution in [1.29, 1.82) is 0 Å². The average molecular weight is 558 g/mol. The first kappa shape index (κ1) is 27.0. The molecule has 214 valence electrons. The van der Waals surface area contributed by atoms with Gasteiger partial charge in [-0.25, -0.2) is 19.9 Å². The Balaban J connectivity index is 1.23. The van der Waals surface area contributed by atoms with Crippen LogP contribution in [0, 0.1) is 0 Å². The monoisotopic (exact) mass is 557 g/mol. The van der Waals surface area contributed by atoms with Crippen molar-refractivity contribution in [2.24, 2.45) is 0 Å². The Morgan fingerprint density at radius 2 is 1.85 bits per heavy atom. The summed E-state index contributed by atoms with van der Waals surface area (Å²) in [5.41, 5.74) is 2.90. The number of hydrogen-bond donors (Lipinski definition) is 1. The van der Waals surface area contributed by atoms with Crippen LogP contribution in [0.15, 0.2) is 53.2 Å². The predicted molar refractivity (Wildman–Crippen MR) is 156 cm³/mol. The van der Waals surface area contributed by atoms with Crippen LogP contribution in [-0.2, 0) is 11.2 Å². The Morgan fingerprint density at radius 1 is 1.00 bits per heavy atom. The predicted octanol–water partition coefficient (Wildman–Crippen LogP) is 4.43. The molecule has 11 heteroatoms. The summed E-state index contributed by atoms with van der Waals surface area (Å²) in [6.07, 6.45) is 5.14. The quantitative estimate of drug-likeness (QED) is 0.316. The van der Waals surface area contributed by atoms with Gasteiger partial charge < -0.3 is 28.8 Å². The van der Waals surface area contributed by atoms with E-state index < -0.39 is 0 Å². The van der Waals surface area contributed by atoms with Crippen LogP contribution in [0.2, 0.25) is 0 Å². The molecule has 2 aliphatic heterocycles. The third-order valence-corrected chi connectivity index (χ3v) is 7.41. The van der Waals surface area contributed by atoms with Gasteiger partial charge in [0.2, 0.25) is 5.95 Å². The van der Waals surface area contributed by atoms with Gasteiger partial charge in [-0.2, -0.15) is 0 Å². The molecule has 2 aliphatic rings. The summed E-state index contributed by atoms with van der Waals surface area (Å²) in [6, 6.07) is 11.9. The van der Waals surface area contributed by atoms with Crippen LogP contribution in [0.1, 0.15) is 19.2 Å². The average Bonchev–Trinajstić information content (AvgIpc) is 3.45. The number of nitrogens with one attached hydrogen (secondary N) is 1. The van der Waals surface area contributed by atoms with Gasteiger partial charge in [-0.1, -0.05) is 6.92 Å². The highest BCUT2D eigenvalue weighted by molar-refractivity contribution is 5.77. The van der Waals surface area contributed by atoms with E-state index in [0.717, 1.165) is 62.9 Å². The summed E-state index contributed by atoms with van der Waals surface area (Å²) in [5, 5.41) is 3.28. The lowest BCUT2D eigenvalue weighted by Gasteiger charge is -2.44. The first-order valence-corrected chi connectivity index (χ1v) is 14.0. The van der Waals surface area contributed by atoms with Gasteiger partial charge in [0.05, 0.1) is 45.4 Å². The van der Waals surface area contributed by atoms with Crippen LogP contribution in [-0.4, -0.2) is 84.5 Å². The number of morpholine rings is 1. The molecule has 0 bridgehead atoms. The zero-order chi connectivity index (χ0) is 28.2. The van der Waals surface area contributed by atoms with Crippen molar-refractivity contribution in [1.82, 2.24) is 24.8 Å². The second-order valence-electron chi connectivity index (χ2n) is 10.1. The largest absolute Gasteiger partial charge is 0.497 e. The molecule has 0 saturated carbocycles. The third-order valence-electron chi connectivity index (χ3n) is 7.41. The number of aryl methyl sites for hydroxylation is 1. The van der Waals surface area contributed by atoms with E-state index in [-0.39, 0.29) is 0 Å². The second-order valence-corrected chi connectivity index (χ2v) is 10.1. The fraction of sp³-hybridized carbons (Fsp3) is 0.400. The van der Waals surface area contributed by atoms with Gasteiger partial charge >= 0.3 is 0 Å². The van der Waals surface area contributed by atoms with Crippen LogP contribution >= 0.6 is 0 Å². The Morgan fingerprint density at radius 3 is 2.61 bits per heavy atom. The van der Waals surface area contributed by atoms with E-state index in [9.17, 15) is 0 Å². The SMILES string of the molecule is CCCc1nc(-c2cc(OC)cc(OC)c2)c(-c2ccnc(Nc3ccc(N4CCN5CCOC[C@H]5C4)nc3)n2)o1. The number of anilines is 3. The highest BCUT2D eigenvalue weighted by Crippen LogP contribution is 2.36. The molecule has 3 aromatic heterocycles. The topological polar surface area (TPSA) is 111 Å². The summed E-state index contributed by atoms with van der Waals surface area (Å²) < 4.78 is 22.9. The molecule has 41 heavy (non-hydrogen) atoms. The van der Waals surface area contributed by atoms with Crippen LogP contribution < -0.4 is 19.7 Å². The summed E-state index contributed by atoms with van der Waals surface area (Å²) in [5.74, 6) is 3.94. The number of ether oxygens (including phenoxy) is 3. The van der Waals surface area contributed by atoms with Crippen molar-refractivity contribution < 1.29 is 18.6 Å². The van der Waals surface area contributed by atoms with Crippen molar-refractivity contribution in [2.45, 2.75) is 25.8 Å². The molecule has 0 aliphatic carbocycles. The van der Waals surface area contributed by atoms with Crippen molar-refractivity contribution in [3.05, 3.63) is 54.7 Å². The Kier molecular flexibility index (Phi) is 7.97. The molecule has 2 saturated heterocycles. The van der Waals surface area contributed by atoms with Crippen molar-refractivity contribution in [2.75, 3.05) is 63.8 Å².